The summed E-state index contributed by atoms with van der Waals surface area (Å²) in [6.07, 6.45) is 8.69. The minimum Gasteiger partial charge on any atom is -0.276 e. The first-order valence-electron chi connectivity index (χ1n) is 9.21. The number of nitrogens with zero attached hydrogens (tertiary/aromatic N) is 1. The molecule has 142 valence electrons. The lowest BCUT2D eigenvalue weighted by molar-refractivity contribution is -0.144. The summed E-state index contributed by atoms with van der Waals surface area (Å²) in [6, 6.07) is 0. The van der Waals surface area contributed by atoms with Crippen LogP contribution in [0.5, 0.6) is 0 Å². The highest BCUT2D eigenvalue weighted by atomic mass is 32.2. The molecule has 0 aromatic heterocycles. The van der Waals surface area contributed by atoms with Crippen molar-refractivity contribution in [1.82, 2.24) is 15.2 Å². The zero-order valence-electron chi connectivity index (χ0n) is 14.4. The van der Waals surface area contributed by atoms with Crippen LogP contribution in [0.1, 0.15) is 38.5 Å². The zero-order chi connectivity index (χ0) is 18.5. The first-order chi connectivity index (χ1) is 12.4. The molecule has 4 atom stereocenters. The van der Waals surface area contributed by atoms with E-state index in [1.54, 1.807) is 0 Å². The lowest BCUT2D eigenvalue weighted by Gasteiger charge is -2.22. The molecule has 0 radical (unpaired) electrons. The molecule has 3 amide bonds. The quantitative estimate of drug-likeness (QED) is 0.398. The lowest BCUT2D eigenvalue weighted by atomic mass is 9.85. The van der Waals surface area contributed by atoms with Crippen LogP contribution in [0.25, 0.3) is 0 Å². The summed E-state index contributed by atoms with van der Waals surface area (Å²) >= 11 is 0. The number of amides is 3. The number of sulfonamides is 1. The Morgan fingerprint density at radius 3 is 2.19 bits per heavy atom. The van der Waals surface area contributed by atoms with Gasteiger partial charge >= 0.3 is 0 Å². The van der Waals surface area contributed by atoms with Crippen LogP contribution in [0.4, 0.5) is 0 Å². The van der Waals surface area contributed by atoms with Gasteiger partial charge in [-0.1, -0.05) is 31.4 Å². The van der Waals surface area contributed by atoms with Gasteiger partial charge in [-0.25, -0.2) is 8.42 Å². The monoisotopic (exact) mass is 381 g/mol. The van der Waals surface area contributed by atoms with Gasteiger partial charge in [0, 0.05) is 0 Å². The number of allylic oxidation sites excluding steroid dienone is 2. The second-order valence-electron chi connectivity index (χ2n) is 7.72. The Labute approximate surface area is 152 Å². The SMILES string of the molecule is O=C(CN1C(=O)[C@@H]2[C@H](C1=O)[C@H]1C=C[C@H]2C1)NNS(=O)(=O)C1CCCCC1. The molecule has 0 unspecified atom stereocenters. The molecule has 3 fully saturated rings. The van der Waals surface area contributed by atoms with Crippen molar-refractivity contribution >= 4 is 27.7 Å². The minimum atomic E-state index is -3.64. The largest absolute Gasteiger partial charge is 0.276 e. The average Bonchev–Trinajstić information content (AvgIpc) is 3.31. The molecule has 26 heavy (non-hydrogen) atoms. The van der Waals surface area contributed by atoms with Crippen molar-refractivity contribution in [2.45, 2.75) is 43.8 Å². The van der Waals surface area contributed by atoms with E-state index in [1.165, 1.54) is 0 Å². The van der Waals surface area contributed by atoms with Crippen molar-refractivity contribution < 1.29 is 22.8 Å². The Kier molecular flexibility index (Phi) is 4.38. The third kappa shape index (κ3) is 2.87. The van der Waals surface area contributed by atoms with Gasteiger partial charge < -0.3 is 0 Å². The Balaban J connectivity index is 1.34. The van der Waals surface area contributed by atoms with Crippen LogP contribution in [0.3, 0.4) is 0 Å². The van der Waals surface area contributed by atoms with Crippen molar-refractivity contribution in [2.75, 3.05) is 6.54 Å². The number of carbonyl (C=O) groups is 3. The summed E-state index contributed by atoms with van der Waals surface area (Å²) in [5, 5.41) is -0.507. The molecule has 2 bridgehead atoms. The first kappa shape index (κ1) is 17.7. The van der Waals surface area contributed by atoms with Crippen LogP contribution in [-0.4, -0.2) is 42.8 Å². The molecule has 8 nitrogen and oxygen atoms in total. The van der Waals surface area contributed by atoms with Crippen LogP contribution in [0, 0.1) is 23.7 Å². The van der Waals surface area contributed by atoms with Crippen molar-refractivity contribution in [2.24, 2.45) is 23.7 Å². The van der Waals surface area contributed by atoms with Gasteiger partial charge in [0.1, 0.15) is 6.54 Å². The van der Waals surface area contributed by atoms with Crippen LogP contribution in [0.2, 0.25) is 0 Å². The highest BCUT2D eigenvalue weighted by molar-refractivity contribution is 7.90. The molecule has 4 rings (SSSR count). The molecule has 4 aliphatic rings. The number of fused-ring (bicyclic) bond motifs is 5. The van der Waals surface area contributed by atoms with E-state index in [4.69, 9.17) is 0 Å². The Bertz CT molecular complexity index is 741. The van der Waals surface area contributed by atoms with Crippen LogP contribution >= 0.6 is 0 Å². The molecule has 0 aromatic rings. The zero-order valence-corrected chi connectivity index (χ0v) is 15.2. The van der Waals surface area contributed by atoms with E-state index in [9.17, 15) is 22.8 Å². The standard InChI is InChI=1S/C17H23N3O5S/c21-13(18-19-26(24,25)12-4-2-1-3-5-12)9-20-16(22)14-10-6-7-11(8-10)15(14)17(20)23/h6-7,10-12,14-15,19H,1-5,8-9H2,(H,18,21)/t10-,11-,14-,15+/m0/s1. The van der Waals surface area contributed by atoms with Gasteiger partial charge in [-0.05, 0) is 31.1 Å². The van der Waals surface area contributed by atoms with Crippen molar-refractivity contribution in [3.05, 3.63) is 12.2 Å². The number of likely N-dealkylation sites (tertiary alicyclic amines) is 1. The summed E-state index contributed by atoms with van der Waals surface area (Å²) in [5.74, 6) is -1.89. The van der Waals surface area contributed by atoms with Crippen LogP contribution in [0.15, 0.2) is 12.2 Å². The molecule has 0 spiro atoms. The average molecular weight is 381 g/mol. The number of hydrazine groups is 1. The van der Waals surface area contributed by atoms with E-state index in [0.29, 0.717) is 12.8 Å². The normalized spacial score (nSPS) is 33.8. The van der Waals surface area contributed by atoms with Gasteiger partial charge in [0.2, 0.25) is 21.8 Å². The van der Waals surface area contributed by atoms with E-state index in [1.807, 2.05) is 12.2 Å². The van der Waals surface area contributed by atoms with Crippen molar-refractivity contribution in [1.29, 1.82) is 0 Å². The maximum atomic E-state index is 12.5. The van der Waals surface area contributed by atoms with Crippen LogP contribution in [-0.2, 0) is 24.4 Å². The number of carbonyl (C=O) groups excluding carboxylic acids is 3. The van der Waals surface area contributed by atoms with Gasteiger partial charge in [-0.2, -0.15) is 0 Å². The van der Waals surface area contributed by atoms with Crippen molar-refractivity contribution in [3.8, 4) is 0 Å². The third-order valence-electron chi connectivity index (χ3n) is 6.19. The number of nitrogens with one attached hydrogen (secondary N) is 2. The third-order valence-corrected chi connectivity index (χ3v) is 7.92. The Morgan fingerprint density at radius 1 is 1.04 bits per heavy atom. The molecule has 1 heterocycles. The topological polar surface area (TPSA) is 113 Å². The maximum Gasteiger partial charge on any atom is 0.255 e. The maximum absolute atomic E-state index is 12.5. The summed E-state index contributed by atoms with van der Waals surface area (Å²) in [4.78, 5) is 40.3. The first-order valence-corrected chi connectivity index (χ1v) is 10.8. The number of hydrogen-bond acceptors (Lipinski definition) is 5. The fourth-order valence-corrected chi connectivity index (χ4v) is 6.27. The predicted octanol–water partition coefficient (Wildman–Crippen LogP) is 0.0768. The summed E-state index contributed by atoms with van der Waals surface area (Å²) in [6.45, 7) is -0.447. The highest BCUT2D eigenvalue weighted by Crippen LogP contribution is 2.52. The fraction of sp³-hybridized carbons (Fsp3) is 0.706. The summed E-state index contributed by atoms with van der Waals surface area (Å²) in [5.41, 5.74) is 2.15. The Morgan fingerprint density at radius 2 is 1.62 bits per heavy atom. The van der Waals surface area contributed by atoms with E-state index in [0.717, 1.165) is 30.6 Å². The predicted molar refractivity (Wildman–Crippen MR) is 91.5 cm³/mol. The van der Waals surface area contributed by atoms with Gasteiger partial charge in [0.25, 0.3) is 5.91 Å². The molecule has 0 aromatic carbocycles. The molecule has 9 heteroatoms. The molecule has 1 saturated heterocycles. The molecule has 3 aliphatic carbocycles. The minimum absolute atomic E-state index is 0.0827. The molecule has 2 N–H and O–H groups in total. The van der Waals surface area contributed by atoms with Crippen LogP contribution < -0.4 is 10.3 Å². The summed E-state index contributed by atoms with van der Waals surface area (Å²) < 4.78 is 24.5. The summed E-state index contributed by atoms with van der Waals surface area (Å²) in [7, 11) is -3.64. The van der Waals surface area contributed by atoms with E-state index in [-0.39, 0.29) is 35.5 Å². The van der Waals surface area contributed by atoms with Gasteiger partial charge in [0.15, 0.2) is 0 Å². The van der Waals surface area contributed by atoms with Crippen molar-refractivity contribution in [3.63, 3.8) is 0 Å². The van der Waals surface area contributed by atoms with E-state index < -0.39 is 27.7 Å². The van der Waals surface area contributed by atoms with Gasteiger partial charge in [-0.3, -0.25) is 24.7 Å². The fourth-order valence-electron chi connectivity index (χ4n) is 4.89. The van der Waals surface area contributed by atoms with E-state index >= 15 is 0 Å². The second-order valence-corrected chi connectivity index (χ2v) is 9.68. The van der Waals surface area contributed by atoms with E-state index in [2.05, 4.69) is 10.3 Å². The van der Waals surface area contributed by atoms with Gasteiger partial charge in [-0.15, -0.1) is 4.83 Å². The number of rotatable bonds is 5. The van der Waals surface area contributed by atoms with Gasteiger partial charge in [0.05, 0.1) is 17.1 Å². The lowest BCUT2D eigenvalue weighted by Crippen LogP contribution is -2.50. The highest BCUT2D eigenvalue weighted by Gasteiger charge is 2.59. The molecule has 1 aliphatic heterocycles. The smallest absolute Gasteiger partial charge is 0.255 e. The second kappa shape index (κ2) is 6.45. The Hall–Kier alpha value is -1.74. The molecular formula is C17H23N3O5S. The number of hydrogen-bond donors (Lipinski definition) is 2. The molecule has 2 saturated carbocycles. The molecular weight excluding hydrogens is 358 g/mol. The number of imide groups is 1.